The Morgan fingerprint density at radius 3 is 3.08 bits per heavy atom. The molecule has 1 aromatic heterocycles. The first kappa shape index (κ1) is 16.2. The van der Waals surface area contributed by atoms with Crippen LogP contribution in [0.25, 0.3) is 10.9 Å². The predicted octanol–water partition coefficient (Wildman–Crippen LogP) is 1.40. The standard InChI is InChI=1S/C18H21N5O/c19-7-8-21-18(24)13-4-3-9-23(12-13)17-10-14(11-20)15-5-1-2-6-16(15)22-17/h1-2,5-6,10,13H,3-4,7-9,12,19H2,(H,21,24). The van der Waals surface area contributed by atoms with Crippen LogP contribution < -0.4 is 16.0 Å². The van der Waals surface area contributed by atoms with Crippen molar-refractivity contribution in [2.24, 2.45) is 11.7 Å². The molecule has 1 amide bonds. The molecule has 0 aliphatic carbocycles. The molecule has 1 aromatic carbocycles. The minimum absolute atomic E-state index is 0.0476. The molecule has 3 N–H and O–H groups in total. The third-order valence-electron chi connectivity index (χ3n) is 4.38. The van der Waals surface area contributed by atoms with Gasteiger partial charge in [0.1, 0.15) is 5.82 Å². The van der Waals surface area contributed by atoms with E-state index in [0.717, 1.165) is 36.1 Å². The number of fused-ring (bicyclic) bond motifs is 1. The average molecular weight is 323 g/mol. The Labute approximate surface area is 141 Å². The molecule has 0 bridgehead atoms. The molecule has 1 aliphatic heterocycles. The number of carbonyl (C=O) groups excluding carboxylic acids is 1. The third-order valence-corrected chi connectivity index (χ3v) is 4.38. The van der Waals surface area contributed by atoms with Crippen molar-refractivity contribution >= 4 is 22.6 Å². The van der Waals surface area contributed by atoms with Crippen molar-refractivity contribution in [3.63, 3.8) is 0 Å². The van der Waals surface area contributed by atoms with Gasteiger partial charge in [-0.2, -0.15) is 5.26 Å². The molecule has 6 heteroatoms. The highest BCUT2D eigenvalue weighted by Gasteiger charge is 2.26. The number of rotatable bonds is 4. The number of nitrogens with two attached hydrogens (primary N) is 1. The van der Waals surface area contributed by atoms with Gasteiger partial charge in [0.05, 0.1) is 23.1 Å². The smallest absolute Gasteiger partial charge is 0.224 e. The second kappa shape index (κ2) is 7.28. The molecule has 1 aliphatic rings. The van der Waals surface area contributed by atoms with Crippen LogP contribution in [0.4, 0.5) is 5.82 Å². The Balaban J connectivity index is 1.84. The van der Waals surface area contributed by atoms with Gasteiger partial charge in [0.2, 0.25) is 5.91 Å². The van der Waals surface area contributed by atoms with E-state index in [1.165, 1.54) is 0 Å². The van der Waals surface area contributed by atoms with Crippen molar-refractivity contribution in [2.75, 3.05) is 31.1 Å². The first-order chi connectivity index (χ1) is 11.7. The van der Waals surface area contributed by atoms with E-state index in [1.54, 1.807) is 0 Å². The molecule has 6 nitrogen and oxygen atoms in total. The lowest BCUT2D eigenvalue weighted by atomic mass is 9.97. The van der Waals surface area contributed by atoms with Crippen LogP contribution >= 0.6 is 0 Å². The SMILES string of the molecule is N#Cc1cc(N2CCCC(C(=O)NCCN)C2)nc2ccccc12. The molecule has 1 fully saturated rings. The van der Waals surface area contributed by atoms with Gasteiger partial charge in [-0.1, -0.05) is 18.2 Å². The fourth-order valence-corrected chi connectivity index (χ4v) is 3.15. The number of nitrogens with one attached hydrogen (secondary N) is 1. The quantitative estimate of drug-likeness (QED) is 0.887. The van der Waals surface area contributed by atoms with Crippen LogP contribution in [0.15, 0.2) is 30.3 Å². The monoisotopic (exact) mass is 323 g/mol. The van der Waals surface area contributed by atoms with Crippen molar-refractivity contribution in [1.29, 1.82) is 5.26 Å². The summed E-state index contributed by atoms with van der Waals surface area (Å²) in [6.45, 7) is 2.41. The molecule has 1 unspecified atom stereocenters. The molecule has 124 valence electrons. The number of anilines is 1. The topological polar surface area (TPSA) is 95.0 Å². The Morgan fingerprint density at radius 1 is 1.46 bits per heavy atom. The second-order valence-corrected chi connectivity index (χ2v) is 6.02. The summed E-state index contributed by atoms with van der Waals surface area (Å²) in [5.41, 5.74) is 6.87. The summed E-state index contributed by atoms with van der Waals surface area (Å²) in [4.78, 5) is 19.0. The summed E-state index contributed by atoms with van der Waals surface area (Å²) in [6, 6.07) is 11.7. The summed E-state index contributed by atoms with van der Waals surface area (Å²) in [7, 11) is 0. The Morgan fingerprint density at radius 2 is 2.29 bits per heavy atom. The highest BCUT2D eigenvalue weighted by atomic mass is 16.1. The van der Waals surface area contributed by atoms with Gasteiger partial charge < -0.3 is 16.0 Å². The molecule has 1 saturated heterocycles. The van der Waals surface area contributed by atoms with Gasteiger partial charge >= 0.3 is 0 Å². The Kier molecular flexibility index (Phi) is 4.92. The van der Waals surface area contributed by atoms with Crippen molar-refractivity contribution < 1.29 is 4.79 Å². The third kappa shape index (κ3) is 3.31. The number of para-hydroxylation sites is 1. The molecule has 0 radical (unpaired) electrons. The zero-order valence-corrected chi connectivity index (χ0v) is 13.5. The van der Waals surface area contributed by atoms with E-state index in [2.05, 4.69) is 21.3 Å². The maximum absolute atomic E-state index is 12.2. The van der Waals surface area contributed by atoms with Crippen LogP contribution in [0.1, 0.15) is 18.4 Å². The van der Waals surface area contributed by atoms with Crippen molar-refractivity contribution in [1.82, 2.24) is 10.3 Å². The number of amides is 1. The maximum atomic E-state index is 12.2. The summed E-state index contributed by atoms with van der Waals surface area (Å²) in [5.74, 6) is 0.747. The first-order valence-corrected chi connectivity index (χ1v) is 8.25. The average Bonchev–Trinajstić information content (AvgIpc) is 2.65. The normalized spacial score (nSPS) is 17.5. The zero-order chi connectivity index (χ0) is 16.9. The lowest BCUT2D eigenvalue weighted by Gasteiger charge is -2.33. The molecule has 2 aromatic rings. The molecule has 2 heterocycles. The lowest BCUT2D eigenvalue weighted by molar-refractivity contribution is -0.125. The number of piperidine rings is 1. The van der Waals surface area contributed by atoms with Crippen LogP contribution in [0.3, 0.4) is 0 Å². The summed E-state index contributed by atoms with van der Waals surface area (Å²) in [6.07, 6.45) is 1.79. The molecule has 0 spiro atoms. The lowest BCUT2D eigenvalue weighted by Crippen LogP contribution is -2.44. The van der Waals surface area contributed by atoms with Gasteiger partial charge in [0.15, 0.2) is 0 Å². The zero-order valence-electron chi connectivity index (χ0n) is 13.5. The van der Waals surface area contributed by atoms with Crippen LogP contribution in [0.2, 0.25) is 0 Å². The fourth-order valence-electron chi connectivity index (χ4n) is 3.15. The van der Waals surface area contributed by atoms with E-state index < -0.39 is 0 Å². The highest BCUT2D eigenvalue weighted by Crippen LogP contribution is 2.26. The largest absolute Gasteiger partial charge is 0.356 e. The number of carbonyl (C=O) groups is 1. The number of pyridine rings is 1. The number of hydrogen-bond acceptors (Lipinski definition) is 5. The van der Waals surface area contributed by atoms with E-state index in [1.807, 2.05) is 30.3 Å². The van der Waals surface area contributed by atoms with Crippen LogP contribution in [-0.4, -0.2) is 37.1 Å². The second-order valence-electron chi connectivity index (χ2n) is 6.02. The minimum atomic E-state index is -0.0656. The fraction of sp³-hybridized carbons (Fsp3) is 0.389. The number of aromatic nitrogens is 1. The van der Waals surface area contributed by atoms with Gasteiger partial charge in [-0.3, -0.25) is 4.79 Å². The summed E-state index contributed by atoms with van der Waals surface area (Å²) >= 11 is 0. The van der Waals surface area contributed by atoms with Gasteiger partial charge in [-0.25, -0.2) is 4.98 Å². The molecule has 0 saturated carbocycles. The molecule has 24 heavy (non-hydrogen) atoms. The van der Waals surface area contributed by atoms with Gasteiger partial charge in [-0.15, -0.1) is 0 Å². The molecular weight excluding hydrogens is 302 g/mol. The van der Waals surface area contributed by atoms with Gasteiger partial charge in [0.25, 0.3) is 0 Å². The van der Waals surface area contributed by atoms with E-state index in [-0.39, 0.29) is 11.8 Å². The predicted molar refractivity (Wildman–Crippen MR) is 93.5 cm³/mol. The van der Waals surface area contributed by atoms with Crippen molar-refractivity contribution in [3.05, 3.63) is 35.9 Å². The number of benzene rings is 1. The summed E-state index contributed by atoms with van der Waals surface area (Å²) < 4.78 is 0. The van der Waals surface area contributed by atoms with Crippen LogP contribution in [0, 0.1) is 17.2 Å². The van der Waals surface area contributed by atoms with E-state index >= 15 is 0 Å². The van der Waals surface area contributed by atoms with Gasteiger partial charge in [0, 0.05) is 31.6 Å². The Bertz CT molecular complexity index is 783. The van der Waals surface area contributed by atoms with Crippen molar-refractivity contribution in [3.8, 4) is 6.07 Å². The number of nitrogens with zero attached hydrogens (tertiary/aromatic N) is 3. The Hall–Kier alpha value is -2.65. The number of hydrogen-bond donors (Lipinski definition) is 2. The van der Waals surface area contributed by atoms with E-state index in [9.17, 15) is 10.1 Å². The van der Waals surface area contributed by atoms with Gasteiger partial charge in [-0.05, 0) is 25.0 Å². The molecule has 1 atom stereocenters. The van der Waals surface area contributed by atoms with E-state index in [0.29, 0.717) is 25.2 Å². The first-order valence-electron chi connectivity index (χ1n) is 8.25. The van der Waals surface area contributed by atoms with Crippen LogP contribution in [0.5, 0.6) is 0 Å². The van der Waals surface area contributed by atoms with E-state index in [4.69, 9.17) is 5.73 Å². The minimum Gasteiger partial charge on any atom is -0.356 e. The maximum Gasteiger partial charge on any atom is 0.224 e. The van der Waals surface area contributed by atoms with Crippen LogP contribution in [-0.2, 0) is 4.79 Å². The number of nitriles is 1. The summed E-state index contributed by atoms with van der Waals surface area (Å²) in [5, 5.41) is 13.1. The highest BCUT2D eigenvalue weighted by molar-refractivity contribution is 5.86. The molecular formula is C18H21N5O. The van der Waals surface area contributed by atoms with Crippen molar-refractivity contribution in [2.45, 2.75) is 12.8 Å². The molecule has 3 rings (SSSR count).